The summed E-state index contributed by atoms with van der Waals surface area (Å²) in [5, 5.41) is 8.65. The Hall–Kier alpha value is -2.27. The molecule has 0 unspecified atom stereocenters. The van der Waals surface area contributed by atoms with E-state index < -0.39 is 0 Å². The Labute approximate surface area is 160 Å². The fraction of sp³-hybridized carbons (Fsp3) is 0.333. The number of aryl methyl sites for hydroxylation is 2. The molecule has 2 aromatic carbocycles. The van der Waals surface area contributed by atoms with Crippen molar-refractivity contribution in [2.24, 2.45) is 15.9 Å². The van der Waals surface area contributed by atoms with Crippen LogP contribution in [0.25, 0.3) is 0 Å². The van der Waals surface area contributed by atoms with Crippen LogP contribution < -0.4 is 10.5 Å². The predicted octanol–water partition coefficient (Wildman–Crippen LogP) is 5.06. The molecule has 0 aliphatic heterocycles. The normalized spacial score (nSPS) is 11.9. The molecule has 0 spiro atoms. The molecule has 0 aliphatic rings. The third kappa shape index (κ3) is 6.56. The Morgan fingerprint density at radius 3 is 2.50 bits per heavy atom. The van der Waals surface area contributed by atoms with E-state index in [9.17, 15) is 0 Å². The topological polar surface area (TPSA) is 60.0 Å². The number of hydrogen-bond donors (Lipinski definition) is 1. The van der Waals surface area contributed by atoms with Gasteiger partial charge in [-0.3, -0.25) is 0 Å². The summed E-state index contributed by atoms with van der Waals surface area (Å²) in [6.07, 6.45) is 3.92. The van der Waals surface area contributed by atoms with Crippen LogP contribution in [0, 0.1) is 13.8 Å². The SMILES string of the molecule is CCCCOc1c(C)cc(C=NN=C(N)SCc2ccccc2)cc1C. The van der Waals surface area contributed by atoms with E-state index in [-0.39, 0.29) is 0 Å². The van der Waals surface area contributed by atoms with Gasteiger partial charge in [-0.15, -0.1) is 5.10 Å². The minimum atomic E-state index is 0.457. The third-order valence-electron chi connectivity index (χ3n) is 3.82. The van der Waals surface area contributed by atoms with Gasteiger partial charge in [-0.25, -0.2) is 0 Å². The van der Waals surface area contributed by atoms with Crippen LogP contribution in [0.15, 0.2) is 52.7 Å². The molecular weight excluding hydrogens is 342 g/mol. The molecule has 0 saturated carbocycles. The summed E-state index contributed by atoms with van der Waals surface area (Å²) in [5.41, 5.74) is 10.3. The van der Waals surface area contributed by atoms with E-state index in [2.05, 4.69) is 55.2 Å². The van der Waals surface area contributed by atoms with Gasteiger partial charge >= 0.3 is 0 Å². The molecule has 0 saturated heterocycles. The lowest BCUT2D eigenvalue weighted by Gasteiger charge is -2.12. The van der Waals surface area contributed by atoms with Gasteiger partial charge in [-0.1, -0.05) is 55.4 Å². The molecule has 2 rings (SSSR count). The maximum Gasteiger partial charge on any atom is 0.180 e. The van der Waals surface area contributed by atoms with Crippen LogP contribution >= 0.6 is 11.8 Å². The third-order valence-corrected chi connectivity index (χ3v) is 4.67. The summed E-state index contributed by atoms with van der Waals surface area (Å²) in [4.78, 5) is 0. The molecule has 0 fully saturated rings. The first-order valence-electron chi connectivity index (χ1n) is 8.87. The molecule has 0 heterocycles. The summed E-state index contributed by atoms with van der Waals surface area (Å²) >= 11 is 1.48. The molecule has 0 bridgehead atoms. The average molecular weight is 370 g/mol. The standard InChI is InChI=1S/C21H27N3OS/c1-4-5-11-25-20-16(2)12-19(13-17(20)3)14-23-24-21(22)26-15-18-9-7-6-8-10-18/h6-10,12-14H,4-5,11,15H2,1-3H3,(H2,22,24). The Balaban J connectivity index is 1.94. The van der Waals surface area contributed by atoms with Crippen LogP contribution in [0.2, 0.25) is 0 Å². The van der Waals surface area contributed by atoms with Gasteiger partial charge in [0.05, 0.1) is 12.8 Å². The Morgan fingerprint density at radius 2 is 1.85 bits per heavy atom. The predicted molar refractivity (Wildman–Crippen MR) is 113 cm³/mol. The first-order valence-corrected chi connectivity index (χ1v) is 9.86. The summed E-state index contributed by atoms with van der Waals surface area (Å²) < 4.78 is 5.88. The number of amidine groups is 1. The van der Waals surface area contributed by atoms with Gasteiger partial charge in [0.2, 0.25) is 0 Å². The number of nitrogens with two attached hydrogens (primary N) is 1. The average Bonchev–Trinajstić information content (AvgIpc) is 2.63. The first kappa shape index (κ1) is 20.0. The number of ether oxygens (including phenoxy) is 1. The second-order valence-electron chi connectivity index (χ2n) is 6.14. The van der Waals surface area contributed by atoms with Gasteiger partial charge in [0.25, 0.3) is 0 Å². The molecule has 5 heteroatoms. The summed E-state index contributed by atoms with van der Waals surface area (Å²) in [7, 11) is 0. The van der Waals surface area contributed by atoms with Crippen LogP contribution in [-0.4, -0.2) is 18.0 Å². The van der Waals surface area contributed by atoms with E-state index in [1.54, 1.807) is 6.21 Å². The lowest BCUT2D eigenvalue weighted by Crippen LogP contribution is -2.06. The lowest BCUT2D eigenvalue weighted by molar-refractivity contribution is 0.305. The van der Waals surface area contributed by atoms with Crippen molar-refractivity contribution in [2.75, 3.05) is 6.61 Å². The van der Waals surface area contributed by atoms with Crippen LogP contribution in [0.4, 0.5) is 0 Å². The van der Waals surface area contributed by atoms with Gasteiger partial charge in [-0.05, 0) is 54.7 Å². The zero-order chi connectivity index (χ0) is 18.8. The first-order chi connectivity index (χ1) is 12.6. The van der Waals surface area contributed by atoms with E-state index in [0.29, 0.717) is 5.17 Å². The highest BCUT2D eigenvalue weighted by Crippen LogP contribution is 2.24. The number of unbranched alkanes of at least 4 members (excludes halogenated alkanes) is 1. The van der Waals surface area contributed by atoms with Crippen molar-refractivity contribution in [1.29, 1.82) is 0 Å². The maximum absolute atomic E-state index is 5.92. The summed E-state index contributed by atoms with van der Waals surface area (Å²) in [6.45, 7) is 7.02. The van der Waals surface area contributed by atoms with E-state index in [4.69, 9.17) is 10.5 Å². The molecule has 0 radical (unpaired) electrons. The molecule has 26 heavy (non-hydrogen) atoms. The van der Waals surface area contributed by atoms with Crippen molar-refractivity contribution in [3.63, 3.8) is 0 Å². The van der Waals surface area contributed by atoms with Crippen LogP contribution in [0.5, 0.6) is 5.75 Å². The molecule has 4 nitrogen and oxygen atoms in total. The zero-order valence-electron chi connectivity index (χ0n) is 15.7. The largest absolute Gasteiger partial charge is 0.493 e. The van der Waals surface area contributed by atoms with Crippen LogP contribution in [-0.2, 0) is 5.75 Å². The molecule has 0 aromatic heterocycles. The number of rotatable bonds is 8. The fourth-order valence-corrected chi connectivity index (χ4v) is 3.13. The van der Waals surface area contributed by atoms with Crippen molar-refractivity contribution >= 4 is 23.1 Å². The van der Waals surface area contributed by atoms with Crippen LogP contribution in [0.3, 0.4) is 0 Å². The van der Waals surface area contributed by atoms with E-state index in [0.717, 1.165) is 47.6 Å². The van der Waals surface area contributed by atoms with Crippen molar-refractivity contribution in [2.45, 2.75) is 39.4 Å². The molecule has 2 N–H and O–H groups in total. The van der Waals surface area contributed by atoms with Gasteiger partial charge in [0.1, 0.15) is 5.75 Å². The molecule has 2 aromatic rings. The van der Waals surface area contributed by atoms with E-state index in [1.807, 2.05) is 18.2 Å². The number of benzene rings is 2. The number of thioether (sulfide) groups is 1. The highest BCUT2D eigenvalue weighted by Gasteiger charge is 2.05. The Morgan fingerprint density at radius 1 is 1.15 bits per heavy atom. The van der Waals surface area contributed by atoms with Crippen molar-refractivity contribution in [3.05, 3.63) is 64.7 Å². The van der Waals surface area contributed by atoms with Gasteiger partial charge in [0, 0.05) is 5.75 Å². The Kier molecular flexibility index (Phi) is 8.22. The minimum Gasteiger partial charge on any atom is -0.493 e. The highest BCUT2D eigenvalue weighted by molar-refractivity contribution is 8.13. The zero-order valence-corrected chi connectivity index (χ0v) is 16.6. The minimum absolute atomic E-state index is 0.457. The molecule has 0 aliphatic carbocycles. The van der Waals surface area contributed by atoms with E-state index >= 15 is 0 Å². The Bertz CT molecular complexity index is 734. The van der Waals surface area contributed by atoms with Gasteiger partial charge in [-0.2, -0.15) is 5.10 Å². The molecule has 0 atom stereocenters. The monoisotopic (exact) mass is 369 g/mol. The lowest BCUT2D eigenvalue weighted by atomic mass is 10.1. The summed E-state index contributed by atoms with van der Waals surface area (Å²) in [5.74, 6) is 1.75. The van der Waals surface area contributed by atoms with Gasteiger partial charge in [0.15, 0.2) is 5.17 Å². The second kappa shape index (κ2) is 10.7. The highest BCUT2D eigenvalue weighted by atomic mass is 32.2. The summed E-state index contributed by atoms with van der Waals surface area (Å²) in [6, 6.07) is 14.3. The quantitative estimate of drug-likeness (QED) is 0.306. The molecule has 138 valence electrons. The van der Waals surface area contributed by atoms with E-state index in [1.165, 1.54) is 17.3 Å². The smallest absolute Gasteiger partial charge is 0.180 e. The number of nitrogens with zero attached hydrogens (tertiary/aromatic N) is 2. The second-order valence-corrected chi connectivity index (χ2v) is 7.14. The van der Waals surface area contributed by atoms with Crippen molar-refractivity contribution < 1.29 is 4.74 Å². The fourth-order valence-electron chi connectivity index (χ4n) is 2.52. The van der Waals surface area contributed by atoms with Crippen LogP contribution in [0.1, 0.15) is 42.0 Å². The number of hydrogen-bond acceptors (Lipinski definition) is 4. The molecule has 0 amide bonds. The molecular formula is C21H27N3OS. The maximum atomic E-state index is 5.92. The van der Waals surface area contributed by atoms with Gasteiger partial charge < -0.3 is 10.5 Å². The van der Waals surface area contributed by atoms with Crippen molar-refractivity contribution in [1.82, 2.24) is 0 Å². The van der Waals surface area contributed by atoms with Crippen molar-refractivity contribution in [3.8, 4) is 5.75 Å².